The molecule has 25 heavy (non-hydrogen) atoms. The fourth-order valence-electron chi connectivity index (χ4n) is 7.93. The molecule has 1 aliphatic heterocycles. The van der Waals surface area contributed by atoms with Crippen molar-refractivity contribution in [2.24, 2.45) is 34.5 Å². The van der Waals surface area contributed by atoms with Crippen molar-refractivity contribution in [3.05, 3.63) is 0 Å². The van der Waals surface area contributed by atoms with Crippen molar-refractivity contribution in [3.8, 4) is 0 Å². The molecule has 0 radical (unpaired) electrons. The molecule has 1 spiro atoms. The number of rotatable bonds is 0. The van der Waals surface area contributed by atoms with Gasteiger partial charge in [0.1, 0.15) is 5.78 Å². The molecular weight excluding hydrogens is 316 g/mol. The highest BCUT2D eigenvalue weighted by molar-refractivity contribution is 5.84. The zero-order valence-corrected chi connectivity index (χ0v) is 15.6. The number of ketones is 1. The normalized spacial score (nSPS) is 54.2. The predicted octanol–water partition coefficient (Wildman–Crippen LogP) is 3.31. The molecule has 140 valence electrons. The van der Waals surface area contributed by atoms with Gasteiger partial charge in [-0.3, -0.25) is 4.79 Å². The smallest absolute Gasteiger partial charge is 0.174 e. The SMILES string of the molecule is C[C@]12CC(=O)C3C(CC[C@@H]4C[C@H](O)CC[C@]34C)C1CCC21OCCO1. The van der Waals surface area contributed by atoms with Crippen LogP contribution in [0.1, 0.15) is 65.2 Å². The Balaban J connectivity index is 1.51. The summed E-state index contributed by atoms with van der Waals surface area (Å²) in [6, 6.07) is 0. The first-order valence-electron chi connectivity index (χ1n) is 10.4. The van der Waals surface area contributed by atoms with Crippen molar-refractivity contribution in [1.29, 1.82) is 0 Å². The maximum absolute atomic E-state index is 13.5. The van der Waals surface area contributed by atoms with Gasteiger partial charge in [0.2, 0.25) is 0 Å². The molecule has 5 aliphatic rings. The van der Waals surface area contributed by atoms with Gasteiger partial charge in [-0.25, -0.2) is 0 Å². The summed E-state index contributed by atoms with van der Waals surface area (Å²) in [5.41, 5.74) is -0.0627. The van der Waals surface area contributed by atoms with E-state index in [4.69, 9.17) is 9.47 Å². The first-order chi connectivity index (χ1) is 11.9. The minimum Gasteiger partial charge on any atom is -0.393 e. The second-order valence-corrected chi connectivity index (χ2v) is 10.0. The number of fused-ring (bicyclic) bond motifs is 6. The van der Waals surface area contributed by atoms with Crippen molar-refractivity contribution >= 4 is 5.78 Å². The Morgan fingerprint density at radius 3 is 2.56 bits per heavy atom. The molecule has 4 aliphatic carbocycles. The van der Waals surface area contributed by atoms with E-state index in [1.807, 2.05) is 0 Å². The molecule has 1 heterocycles. The van der Waals surface area contributed by atoms with E-state index in [0.29, 0.717) is 43.2 Å². The summed E-state index contributed by atoms with van der Waals surface area (Å²) >= 11 is 0. The Kier molecular flexibility index (Phi) is 3.54. The van der Waals surface area contributed by atoms with Gasteiger partial charge in [0.05, 0.1) is 19.3 Å². The van der Waals surface area contributed by atoms with Gasteiger partial charge in [-0.1, -0.05) is 13.8 Å². The highest BCUT2D eigenvalue weighted by Gasteiger charge is 2.69. The van der Waals surface area contributed by atoms with E-state index in [2.05, 4.69) is 13.8 Å². The van der Waals surface area contributed by atoms with Gasteiger partial charge in [0, 0.05) is 24.2 Å². The van der Waals surface area contributed by atoms with Crippen LogP contribution in [0.5, 0.6) is 0 Å². The fraction of sp³-hybridized carbons (Fsp3) is 0.952. The van der Waals surface area contributed by atoms with Gasteiger partial charge in [-0.15, -0.1) is 0 Å². The lowest BCUT2D eigenvalue weighted by Crippen LogP contribution is -2.60. The summed E-state index contributed by atoms with van der Waals surface area (Å²) in [6.07, 6.45) is 7.61. The number of hydrogen-bond acceptors (Lipinski definition) is 4. The lowest BCUT2D eigenvalue weighted by molar-refractivity contribution is -0.242. The largest absolute Gasteiger partial charge is 0.393 e. The molecule has 1 N–H and O–H groups in total. The zero-order valence-electron chi connectivity index (χ0n) is 15.6. The van der Waals surface area contributed by atoms with Crippen molar-refractivity contribution < 1.29 is 19.4 Å². The standard InChI is InChI=1S/C21H32O4/c1-19-7-5-14(22)11-13(19)3-4-15-16-6-8-21(24-9-10-25-21)20(16,2)12-17(23)18(15)19/h13-16,18,22H,3-12H2,1-2H3/t13-,14-,15?,16?,18?,19+,20+/m1/s1. The van der Waals surface area contributed by atoms with Crippen LogP contribution in [-0.4, -0.2) is 36.0 Å². The molecule has 5 fully saturated rings. The molecule has 0 aromatic rings. The Bertz CT molecular complexity index is 582. The van der Waals surface area contributed by atoms with Gasteiger partial charge < -0.3 is 14.6 Å². The van der Waals surface area contributed by atoms with Crippen molar-refractivity contribution in [1.82, 2.24) is 0 Å². The molecule has 0 amide bonds. The predicted molar refractivity (Wildman–Crippen MR) is 92.8 cm³/mol. The van der Waals surface area contributed by atoms with Crippen LogP contribution < -0.4 is 0 Å². The summed E-state index contributed by atoms with van der Waals surface area (Å²) in [6.45, 7) is 5.96. The summed E-state index contributed by atoms with van der Waals surface area (Å²) in [4.78, 5) is 13.5. The lowest BCUT2D eigenvalue weighted by Gasteiger charge is -2.60. The van der Waals surface area contributed by atoms with E-state index in [9.17, 15) is 9.90 Å². The summed E-state index contributed by atoms with van der Waals surface area (Å²) in [5.74, 6) is 1.67. The number of Topliss-reactive ketones (excluding diaryl/α,β-unsaturated/α-hetero) is 1. The molecule has 0 aromatic heterocycles. The van der Waals surface area contributed by atoms with Crippen LogP contribution >= 0.6 is 0 Å². The van der Waals surface area contributed by atoms with Crippen LogP contribution in [0, 0.1) is 34.5 Å². The van der Waals surface area contributed by atoms with Crippen molar-refractivity contribution in [2.75, 3.05) is 13.2 Å². The molecule has 0 aromatic carbocycles. The highest BCUT2D eigenvalue weighted by Crippen LogP contribution is 2.68. The fourth-order valence-corrected chi connectivity index (χ4v) is 7.93. The van der Waals surface area contributed by atoms with Crippen LogP contribution in [0.2, 0.25) is 0 Å². The molecule has 1 saturated heterocycles. The third-order valence-corrected chi connectivity index (χ3v) is 9.12. The monoisotopic (exact) mass is 348 g/mol. The van der Waals surface area contributed by atoms with E-state index in [1.54, 1.807) is 0 Å². The third-order valence-electron chi connectivity index (χ3n) is 9.12. The third kappa shape index (κ3) is 2.02. The van der Waals surface area contributed by atoms with Crippen LogP contribution in [0.3, 0.4) is 0 Å². The second-order valence-electron chi connectivity index (χ2n) is 10.0. The maximum Gasteiger partial charge on any atom is 0.174 e. The topological polar surface area (TPSA) is 55.8 Å². The number of hydrogen-bond donors (Lipinski definition) is 1. The first-order valence-corrected chi connectivity index (χ1v) is 10.4. The quantitative estimate of drug-likeness (QED) is 0.730. The van der Waals surface area contributed by atoms with Crippen LogP contribution in [0.15, 0.2) is 0 Å². The first kappa shape index (κ1) is 16.7. The van der Waals surface area contributed by atoms with E-state index in [1.165, 1.54) is 6.42 Å². The van der Waals surface area contributed by atoms with E-state index in [-0.39, 0.29) is 22.9 Å². The van der Waals surface area contributed by atoms with E-state index in [0.717, 1.165) is 38.5 Å². The lowest BCUT2D eigenvalue weighted by atomic mass is 9.44. The molecular formula is C21H32O4. The Morgan fingerprint density at radius 1 is 1.04 bits per heavy atom. The summed E-state index contributed by atoms with van der Waals surface area (Å²) in [5, 5.41) is 10.1. The van der Waals surface area contributed by atoms with E-state index >= 15 is 0 Å². The summed E-state index contributed by atoms with van der Waals surface area (Å²) in [7, 11) is 0. The van der Waals surface area contributed by atoms with Crippen molar-refractivity contribution in [3.63, 3.8) is 0 Å². The average Bonchev–Trinajstić information content (AvgIpc) is 3.15. The second kappa shape index (κ2) is 5.30. The molecule has 7 atom stereocenters. The minimum atomic E-state index is -0.501. The Hall–Kier alpha value is -0.450. The Labute approximate surface area is 150 Å². The highest BCUT2D eigenvalue weighted by atomic mass is 16.7. The van der Waals surface area contributed by atoms with Crippen LogP contribution in [-0.2, 0) is 14.3 Å². The molecule has 4 nitrogen and oxygen atoms in total. The van der Waals surface area contributed by atoms with Crippen molar-refractivity contribution in [2.45, 2.75) is 77.1 Å². The van der Waals surface area contributed by atoms with Crippen LogP contribution in [0.4, 0.5) is 0 Å². The zero-order chi connectivity index (χ0) is 17.4. The van der Waals surface area contributed by atoms with Gasteiger partial charge in [-0.05, 0) is 61.7 Å². The Morgan fingerprint density at radius 2 is 1.80 bits per heavy atom. The van der Waals surface area contributed by atoms with Gasteiger partial charge >= 0.3 is 0 Å². The molecule has 3 unspecified atom stereocenters. The number of aliphatic hydroxyl groups excluding tert-OH is 1. The molecule has 5 rings (SSSR count). The average molecular weight is 348 g/mol. The van der Waals surface area contributed by atoms with Gasteiger partial charge in [-0.2, -0.15) is 0 Å². The van der Waals surface area contributed by atoms with E-state index < -0.39 is 5.79 Å². The number of carbonyl (C=O) groups excluding carboxylic acids is 1. The van der Waals surface area contributed by atoms with Gasteiger partial charge in [0.25, 0.3) is 0 Å². The van der Waals surface area contributed by atoms with Crippen LogP contribution in [0.25, 0.3) is 0 Å². The maximum atomic E-state index is 13.5. The number of aliphatic hydroxyl groups is 1. The molecule has 0 bridgehead atoms. The molecule has 4 heteroatoms. The number of ether oxygens (including phenoxy) is 2. The van der Waals surface area contributed by atoms with Gasteiger partial charge in [0.15, 0.2) is 5.79 Å². The number of carbonyl (C=O) groups is 1. The summed E-state index contributed by atoms with van der Waals surface area (Å²) < 4.78 is 12.3. The molecule has 4 saturated carbocycles. The minimum absolute atomic E-state index is 0.0910.